The molecule has 84 valence electrons. The van der Waals surface area contributed by atoms with Crippen molar-refractivity contribution in [2.45, 2.75) is 13.0 Å². The molecule has 1 aromatic carbocycles. The number of thiazole rings is 1. The third-order valence-electron chi connectivity index (χ3n) is 2.09. The van der Waals surface area contributed by atoms with Crippen LogP contribution in [-0.2, 0) is 6.54 Å². The summed E-state index contributed by atoms with van der Waals surface area (Å²) in [4.78, 5) is 5.01. The summed E-state index contributed by atoms with van der Waals surface area (Å²) in [6.45, 7) is 0.608. The van der Waals surface area contributed by atoms with Crippen LogP contribution in [0.3, 0.4) is 0 Å². The van der Waals surface area contributed by atoms with Gasteiger partial charge in [0.1, 0.15) is 0 Å². The van der Waals surface area contributed by atoms with Crippen LogP contribution in [0.25, 0.3) is 0 Å². The van der Waals surface area contributed by atoms with Crippen molar-refractivity contribution >= 4 is 17.0 Å². The van der Waals surface area contributed by atoms with Crippen LogP contribution in [-0.4, -0.2) is 4.98 Å². The third kappa shape index (κ3) is 2.76. The van der Waals surface area contributed by atoms with E-state index in [1.165, 1.54) is 23.5 Å². The van der Waals surface area contributed by atoms with Crippen molar-refractivity contribution < 1.29 is 8.78 Å². The van der Waals surface area contributed by atoms with Crippen molar-refractivity contribution in [2.24, 2.45) is 0 Å². The maximum absolute atomic E-state index is 12.4. The van der Waals surface area contributed by atoms with Gasteiger partial charge in [0.05, 0.1) is 12.1 Å². The smallest absolute Gasteiger partial charge is 0.263 e. The lowest BCUT2D eigenvalue weighted by Gasteiger charge is -2.06. The highest BCUT2D eigenvalue weighted by atomic mass is 32.1. The molecule has 0 spiro atoms. The number of anilines is 1. The summed E-state index contributed by atoms with van der Waals surface area (Å²) in [5, 5.41) is 3.08. The van der Waals surface area contributed by atoms with Gasteiger partial charge in [-0.1, -0.05) is 12.1 Å². The zero-order valence-corrected chi connectivity index (χ0v) is 9.18. The minimum absolute atomic E-state index is 0.0364. The van der Waals surface area contributed by atoms with E-state index in [4.69, 9.17) is 0 Å². The van der Waals surface area contributed by atoms with Gasteiger partial charge in [-0.05, 0) is 12.1 Å². The third-order valence-corrected chi connectivity index (χ3v) is 2.87. The zero-order valence-electron chi connectivity index (χ0n) is 8.36. The van der Waals surface area contributed by atoms with Gasteiger partial charge in [0.15, 0.2) is 0 Å². The molecule has 1 heterocycles. The monoisotopic (exact) mass is 240 g/mol. The van der Waals surface area contributed by atoms with Crippen molar-refractivity contribution in [3.05, 3.63) is 46.4 Å². The van der Waals surface area contributed by atoms with Gasteiger partial charge in [-0.25, -0.2) is 8.78 Å². The molecule has 2 nitrogen and oxygen atoms in total. The molecule has 2 aromatic rings. The van der Waals surface area contributed by atoms with Crippen LogP contribution in [0.15, 0.2) is 36.0 Å². The number of hydrogen-bond acceptors (Lipinski definition) is 3. The van der Waals surface area contributed by atoms with E-state index in [1.807, 2.05) is 0 Å². The normalized spacial score (nSPS) is 10.7. The first-order valence-electron chi connectivity index (χ1n) is 4.75. The highest BCUT2D eigenvalue weighted by molar-refractivity contribution is 7.09. The van der Waals surface area contributed by atoms with Gasteiger partial charge in [-0.15, -0.1) is 11.3 Å². The molecule has 0 saturated heterocycles. The summed E-state index contributed by atoms with van der Waals surface area (Å²) in [5.74, 6) is 0. The van der Waals surface area contributed by atoms with Crippen LogP contribution in [0.1, 0.15) is 16.9 Å². The van der Waals surface area contributed by atoms with Crippen LogP contribution >= 0.6 is 11.3 Å². The molecule has 1 aromatic heterocycles. The molecule has 0 aliphatic rings. The number of nitrogens with one attached hydrogen (secondary N) is 1. The van der Waals surface area contributed by atoms with Crippen molar-refractivity contribution in [1.29, 1.82) is 0 Å². The summed E-state index contributed by atoms with van der Waals surface area (Å²) >= 11 is 1.53. The maximum atomic E-state index is 12.4. The molecule has 0 radical (unpaired) electrons. The van der Waals surface area contributed by atoms with E-state index in [1.54, 1.807) is 23.8 Å². The summed E-state index contributed by atoms with van der Waals surface area (Å²) in [6.07, 6.45) is -0.667. The number of hydrogen-bond donors (Lipinski definition) is 1. The molecule has 1 N–H and O–H groups in total. The fourth-order valence-electron chi connectivity index (χ4n) is 1.30. The Bertz CT molecular complexity index is 443. The summed E-state index contributed by atoms with van der Waals surface area (Å²) < 4.78 is 24.8. The Morgan fingerprint density at radius 1 is 1.38 bits per heavy atom. The van der Waals surface area contributed by atoms with Crippen LogP contribution in [0.2, 0.25) is 0 Å². The fraction of sp³-hybridized carbons (Fsp3) is 0.182. The lowest BCUT2D eigenvalue weighted by Crippen LogP contribution is -1.98. The van der Waals surface area contributed by atoms with Gasteiger partial charge in [0, 0.05) is 22.3 Å². The topological polar surface area (TPSA) is 24.9 Å². The second-order valence-corrected chi connectivity index (χ2v) is 4.22. The lowest BCUT2D eigenvalue weighted by atomic mass is 10.2. The summed E-state index contributed by atoms with van der Waals surface area (Å²) in [6, 6.07) is 6.28. The molecule has 0 saturated carbocycles. The van der Waals surface area contributed by atoms with Gasteiger partial charge >= 0.3 is 0 Å². The Morgan fingerprint density at radius 3 is 2.94 bits per heavy atom. The van der Waals surface area contributed by atoms with Crippen LogP contribution in [0.5, 0.6) is 0 Å². The average molecular weight is 240 g/mol. The summed E-state index contributed by atoms with van der Waals surface area (Å²) in [5.41, 5.74) is 2.48. The number of halogens is 2. The van der Waals surface area contributed by atoms with Gasteiger partial charge in [0.25, 0.3) is 6.43 Å². The number of rotatable bonds is 4. The van der Waals surface area contributed by atoms with Crippen LogP contribution in [0.4, 0.5) is 14.5 Å². The van der Waals surface area contributed by atoms with E-state index in [-0.39, 0.29) is 5.56 Å². The molecule has 16 heavy (non-hydrogen) atoms. The molecule has 0 atom stereocenters. The van der Waals surface area contributed by atoms with Crippen molar-refractivity contribution in [2.75, 3.05) is 5.32 Å². The Morgan fingerprint density at radius 2 is 2.25 bits per heavy atom. The highest BCUT2D eigenvalue weighted by Crippen LogP contribution is 2.22. The van der Waals surface area contributed by atoms with E-state index in [9.17, 15) is 8.78 Å². The van der Waals surface area contributed by atoms with Gasteiger partial charge in [0.2, 0.25) is 0 Å². The second-order valence-electron chi connectivity index (χ2n) is 3.25. The number of benzene rings is 1. The molecule has 2 rings (SSSR count). The van der Waals surface area contributed by atoms with Gasteiger partial charge in [-0.3, -0.25) is 4.98 Å². The Balaban J connectivity index is 2.01. The Labute approximate surface area is 96.0 Å². The maximum Gasteiger partial charge on any atom is 0.263 e. The first-order valence-corrected chi connectivity index (χ1v) is 5.63. The van der Waals surface area contributed by atoms with E-state index in [0.717, 1.165) is 4.88 Å². The van der Waals surface area contributed by atoms with E-state index in [2.05, 4.69) is 10.3 Å². The lowest BCUT2D eigenvalue weighted by molar-refractivity contribution is 0.151. The molecule has 0 unspecified atom stereocenters. The van der Waals surface area contributed by atoms with Gasteiger partial charge in [-0.2, -0.15) is 0 Å². The molecule has 0 fully saturated rings. The predicted octanol–water partition coefficient (Wildman–Crippen LogP) is 3.69. The van der Waals surface area contributed by atoms with Crippen molar-refractivity contribution in [1.82, 2.24) is 4.98 Å². The van der Waals surface area contributed by atoms with Crippen molar-refractivity contribution in [3.63, 3.8) is 0 Å². The zero-order chi connectivity index (χ0) is 11.4. The molecule has 0 aliphatic carbocycles. The van der Waals surface area contributed by atoms with E-state index >= 15 is 0 Å². The Kier molecular flexibility index (Phi) is 3.46. The van der Waals surface area contributed by atoms with E-state index < -0.39 is 6.43 Å². The van der Waals surface area contributed by atoms with Crippen LogP contribution in [0, 0.1) is 0 Å². The quantitative estimate of drug-likeness (QED) is 0.881. The average Bonchev–Trinajstić information content (AvgIpc) is 2.79. The summed E-state index contributed by atoms with van der Waals surface area (Å²) in [7, 11) is 0. The molecular formula is C11H10F2N2S. The minimum atomic E-state index is -2.43. The van der Waals surface area contributed by atoms with Crippen LogP contribution < -0.4 is 5.32 Å². The molecule has 5 heteroatoms. The number of aromatic nitrogens is 1. The molecular weight excluding hydrogens is 230 g/mol. The first-order chi connectivity index (χ1) is 7.75. The second kappa shape index (κ2) is 5.03. The SMILES string of the molecule is FC(F)c1cccc(NCc2cncs2)c1. The minimum Gasteiger partial charge on any atom is -0.380 e. The largest absolute Gasteiger partial charge is 0.380 e. The predicted molar refractivity (Wildman–Crippen MR) is 60.8 cm³/mol. The molecule has 0 aliphatic heterocycles. The number of nitrogens with zero attached hydrogens (tertiary/aromatic N) is 1. The molecule has 0 bridgehead atoms. The molecule has 0 amide bonds. The standard InChI is InChI=1S/C11H10F2N2S/c12-11(13)8-2-1-3-9(4-8)15-6-10-5-14-7-16-10/h1-5,7,11,15H,6H2. The Hall–Kier alpha value is -1.49. The van der Waals surface area contributed by atoms with E-state index in [0.29, 0.717) is 12.2 Å². The highest BCUT2D eigenvalue weighted by Gasteiger charge is 2.06. The van der Waals surface area contributed by atoms with Crippen molar-refractivity contribution in [3.8, 4) is 0 Å². The first kappa shape index (κ1) is 11.0. The number of alkyl halides is 2. The fourth-order valence-corrected chi connectivity index (χ4v) is 1.84. The van der Waals surface area contributed by atoms with Gasteiger partial charge < -0.3 is 5.32 Å².